The molecule has 2 heteroatoms. The highest BCUT2D eigenvalue weighted by Gasteiger charge is 1.90. The zero-order chi connectivity index (χ0) is 11.5. The molecule has 0 bridgehead atoms. The van der Waals surface area contributed by atoms with Crippen LogP contribution in [0.2, 0.25) is 0 Å². The summed E-state index contributed by atoms with van der Waals surface area (Å²) in [4.78, 5) is 6.35. The molecule has 84 valence electrons. The molecule has 0 saturated heterocycles. The molecule has 0 amide bonds. The topological polar surface area (TPSA) is 15.6 Å². The molecule has 0 N–H and O–H groups in total. The molecule has 15 heavy (non-hydrogen) atoms. The standard InChI is InChI=1S/C13H22N2/c1-5-8-11-15(4)12-14-13(9-6-2)10-7-3/h6,8-9,11-12H,2,5,7,10H2,1,3-4H3/b11-8-,13-9+,14-12?. The highest BCUT2D eigenvalue weighted by atomic mass is 15.1. The summed E-state index contributed by atoms with van der Waals surface area (Å²) in [7, 11) is 1.98. The van der Waals surface area contributed by atoms with Crippen molar-refractivity contribution < 1.29 is 0 Å². The Morgan fingerprint density at radius 1 is 1.40 bits per heavy atom. The summed E-state index contributed by atoms with van der Waals surface area (Å²) in [5, 5.41) is 0. The van der Waals surface area contributed by atoms with Gasteiger partial charge in [0.05, 0.1) is 6.34 Å². The molecule has 0 aromatic heterocycles. The van der Waals surface area contributed by atoms with Gasteiger partial charge >= 0.3 is 0 Å². The Labute approximate surface area is 93.7 Å². The largest absolute Gasteiger partial charge is 0.342 e. The average Bonchev–Trinajstić information content (AvgIpc) is 2.23. The molecule has 0 rings (SSSR count). The van der Waals surface area contributed by atoms with Crippen LogP contribution in [0.15, 0.2) is 41.7 Å². The van der Waals surface area contributed by atoms with Crippen molar-refractivity contribution in [3.05, 3.63) is 36.7 Å². The maximum Gasteiger partial charge on any atom is 0.0945 e. The number of aliphatic imine (C=N–C) groups is 1. The second-order valence-electron chi connectivity index (χ2n) is 3.35. The van der Waals surface area contributed by atoms with E-state index in [0.29, 0.717) is 0 Å². The first-order chi connectivity index (χ1) is 7.24. The molecule has 0 aliphatic carbocycles. The minimum Gasteiger partial charge on any atom is -0.342 e. The van der Waals surface area contributed by atoms with Crippen LogP contribution in [0.5, 0.6) is 0 Å². The van der Waals surface area contributed by atoms with Gasteiger partial charge in [0.1, 0.15) is 0 Å². The Balaban J connectivity index is 4.26. The van der Waals surface area contributed by atoms with E-state index in [1.807, 2.05) is 30.6 Å². The molecule has 2 nitrogen and oxygen atoms in total. The van der Waals surface area contributed by atoms with Crippen LogP contribution in [-0.4, -0.2) is 18.3 Å². The summed E-state index contributed by atoms with van der Waals surface area (Å²) >= 11 is 0. The van der Waals surface area contributed by atoms with E-state index < -0.39 is 0 Å². The third-order valence-corrected chi connectivity index (χ3v) is 1.80. The first-order valence-corrected chi connectivity index (χ1v) is 5.49. The van der Waals surface area contributed by atoms with Crippen LogP contribution in [0.3, 0.4) is 0 Å². The molecule has 0 unspecified atom stereocenters. The lowest BCUT2D eigenvalue weighted by Crippen LogP contribution is -2.06. The second-order valence-corrected chi connectivity index (χ2v) is 3.35. The Morgan fingerprint density at radius 2 is 2.13 bits per heavy atom. The van der Waals surface area contributed by atoms with E-state index in [0.717, 1.165) is 25.0 Å². The maximum atomic E-state index is 4.40. The Bertz CT molecular complexity index is 249. The average molecular weight is 206 g/mol. The van der Waals surface area contributed by atoms with Gasteiger partial charge in [-0.2, -0.15) is 0 Å². The van der Waals surface area contributed by atoms with Crippen LogP contribution in [0, 0.1) is 0 Å². The van der Waals surface area contributed by atoms with Gasteiger partial charge in [0.2, 0.25) is 0 Å². The van der Waals surface area contributed by atoms with Crippen molar-refractivity contribution in [3.63, 3.8) is 0 Å². The van der Waals surface area contributed by atoms with Crippen molar-refractivity contribution in [2.24, 2.45) is 4.99 Å². The fourth-order valence-corrected chi connectivity index (χ4v) is 1.06. The first-order valence-electron chi connectivity index (χ1n) is 5.49. The lowest BCUT2D eigenvalue weighted by Gasteiger charge is -2.06. The fourth-order valence-electron chi connectivity index (χ4n) is 1.06. The monoisotopic (exact) mass is 206 g/mol. The minimum absolute atomic E-state index is 0.994. The van der Waals surface area contributed by atoms with Crippen molar-refractivity contribution in [2.45, 2.75) is 33.1 Å². The highest BCUT2D eigenvalue weighted by Crippen LogP contribution is 2.05. The molecule has 0 atom stereocenters. The van der Waals surface area contributed by atoms with Gasteiger partial charge in [-0.15, -0.1) is 0 Å². The van der Waals surface area contributed by atoms with Crippen molar-refractivity contribution in [1.82, 2.24) is 4.90 Å². The second kappa shape index (κ2) is 9.25. The number of rotatable bonds is 7. The summed E-state index contributed by atoms with van der Waals surface area (Å²) < 4.78 is 0. The quantitative estimate of drug-likeness (QED) is 0.352. The van der Waals surface area contributed by atoms with E-state index in [-0.39, 0.29) is 0 Å². The smallest absolute Gasteiger partial charge is 0.0945 e. The van der Waals surface area contributed by atoms with Gasteiger partial charge in [-0.25, -0.2) is 4.99 Å². The third kappa shape index (κ3) is 7.74. The number of hydrogen-bond donors (Lipinski definition) is 0. The summed E-state index contributed by atoms with van der Waals surface area (Å²) in [6.07, 6.45) is 12.8. The summed E-state index contributed by atoms with van der Waals surface area (Å²) in [6.45, 7) is 7.94. The van der Waals surface area contributed by atoms with Gasteiger partial charge in [-0.3, -0.25) is 0 Å². The normalized spacial score (nSPS) is 12.6. The van der Waals surface area contributed by atoms with Crippen molar-refractivity contribution in [3.8, 4) is 0 Å². The maximum absolute atomic E-state index is 4.40. The zero-order valence-electron chi connectivity index (χ0n) is 10.1. The Morgan fingerprint density at radius 3 is 2.67 bits per heavy atom. The van der Waals surface area contributed by atoms with Crippen LogP contribution >= 0.6 is 0 Å². The van der Waals surface area contributed by atoms with Gasteiger partial charge in [-0.05, 0) is 18.9 Å². The van der Waals surface area contributed by atoms with E-state index >= 15 is 0 Å². The van der Waals surface area contributed by atoms with Gasteiger partial charge in [0, 0.05) is 18.9 Å². The summed E-state index contributed by atoms with van der Waals surface area (Å²) in [5.41, 5.74) is 1.07. The molecule has 0 radical (unpaired) electrons. The van der Waals surface area contributed by atoms with E-state index in [4.69, 9.17) is 0 Å². The third-order valence-electron chi connectivity index (χ3n) is 1.80. The fraction of sp³-hybridized carbons (Fsp3) is 0.462. The molecular formula is C13H22N2. The van der Waals surface area contributed by atoms with Gasteiger partial charge in [-0.1, -0.05) is 39.0 Å². The Hall–Kier alpha value is -1.31. The van der Waals surface area contributed by atoms with E-state index in [9.17, 15) is 0 Å². The van der Waals surface area contributed by atoms with Crippen molar-refractivity contribution in [2.75, 3.05) is 7.05 Å². The van der Waals surface area contributed by atoms with Gasteiger partial charge < -0.3 is 4.90 Å². The molecule has 0 fully saturated rings. The molecule has 0 saturated carbocycles. The SMILES string of the molecule is C=C/C=C(\CCC)N=CN(C)/C=C\CC. The van der Waals surface area contributed by atoms with Crippen LogP contribution in [0.4, 0.5) is 0 Å². The predicted octanol–water partition coefficient (Wildman–Crippen LogP) is 3.74. The molecular weight excluding hydrogens is 184 g/mol. The molecule has 0 aromatic rings. The number of hydrogen-bond acceptors (Lipinski definition) is 1. The highest BCUT2D eigenvalue weighted by molar-refractivity contribution is 5.57. The zero-order valence-corrected chi connectivity index (χ0v) is 10.1. The molecule has 0 aliphatic rings. The molecule has 0 aromatic carbocycles. The van der Waals surface area contributed by atoms with Crippen molar-refractivity contribution >= 4 is 6.34 Å². The van der Waals surface area contributed by atoms with Crippen LogP contribution < -0.4 is 0 Å². The van der Waals surface area contributed by atoms with Crippen LogP contribution in [0.25, 0.3) is 0 Å². The van der Waals surface area contributed by atoms with Crippen LogP contribution in [-0.2, 0) is 0 Å². The van der Waals surface area contributed by atoms with E-state index in [1.54, 1.807) is 6.08 Å². The number of nitrogens with zero attached hydrogens (tertiary/aromatic N) is 2. The van der Waals surface area contributed by atoms with Gasteiger partial charge in [0.15, 0.2) is 0 Å². The first kappa shape index (κ1) is 13.7. The minimum atomic E-state index is 0.994. The Kier molecular flexibility index (Phi) is 8.44. The van der Waals surface area contributed by atoms with E-state index in [1.165, 1.54) is 0 Å². The lowest BCUT2D eigenvalue weighted by atomic mass is 10.2. The van der Waals surface area contributed by atoms with Crippen LogP contribution in [0.1, 0.15) is 33.1 Å². The lowest BCUT2D eigenvalue weighted by molar-refractivity contribution is 0.702. The van der Waals surface area contributed by atoms with E-state index in [2.05, 4.69) is 31.5 Å². The van der Waals surface area contributed by atoms with Crippen molar-refractivity contribution in [1.29, 1.82) is 0 Å². The number of allylic oxidation sites excluding steroid dienone is 4. The molecule has 0 heterocycles. The summed E-state index contributed by atoms with van der Waals surface area (Å²) in [5.74, 6) is 0. The summed E-state index contributed by atoms with van der Waals surface area (Å²) in [6, 6.07) is 0. The molecule has 0 spiro atoms. The molecule has 0 aliphatic heterocycles. The predicted molar refractivity (Wildman–Crippen MR) is 68.9 cm³/mol. The van der Waals surface area contributed by atoms with Gasteiger partial charge in [0.25, 0.3) is 0 Å².